The van der Waals surface area contributed by atoms with Crippen LogP contribution in [0.1, 0.15) is 11.1 Å². The Balaban J connectivity index is 2.98. The summed E-state index contributed by atoms with van der Waals surface area (Å²) in [6, 6.07) is 5.25. The van der Waals surface area contributed by atoms with Crippen LogP contribution in [0.25, 0.3) is 0 Å². The summed E-state index contributed by atoms with van der Waals surface area (Å²) in [5.41, 5.74) is 1.66. The Kier molecular flexibility index (Phi) is 3.53. The maximum absolute atomic E-state index is 11.2. The molecule has 0 fully saturated rings. The Morgan fingerprint density at radius 2 is 2.00 bits per heavy atom. The summed E-state index contributed by atoms with van der Waals surface area (Å²) in [4.78, 5) is 0. The Hall–Kier alpha value is -0.580. The van der Waals surface area contributed by atoms with Gasteiger partial charge in [-0.3, -0.25) is 0 Å². The first-order valence-electron chi connectivity index (χ1n) is 4.10. The van der Waals surface area contributed by atoms with Crippen molar-refractivity contribution in [3.8, 4) is 0 Å². The Labute approximate surface area is 89.1 Å². The molecule has 0 atom stereocenters. The molecule has 5 heteroatoms. The zero-order valence-corrected chi connectivity index (χ0v) is 9.61. The number of rotatable bonds is 3. The number of sulfonamides is 1. The lowest BCUT2D eigenvalue weighted by Crippen LogP contribution is -2.20. The fraction of sp³-hybridized carbons (Fsp3) is 0.333. The first kappa shape index (κ1) is 11.5. The van der Waals surface area contributed by atoms with E-state index in [-0.39, 0.29) is 5.75 Å². The van der Waals surface area contributed by atoms with Crippen molar-refractivity contribution in [3.63, 3.8) is 0 Å². The van der Waals surface area contributed by atoms with Gasteiger partial charge in [-0.15, -0.1) is 0 Å². The average molecular weight is 234 g/mol. The molecule has 0 radical (unpaired) electrons. The van der Waals surface area contributed by atoms with Crippen LogP contribution in [0.5, 0.6) is 0 Å². The van der Waals surface area contributed by atoms with Gasteiger partial charge in [-0.05, 0) is 37.2 Å². The molecule has 78 valence electrons. The molecule has 0 heterocycles. The third-order valence-corrected chi connectivity index (χ3v) is 3.32. The molecular formula is C9H12ClNO2S. The standard InChI is InChI=1S/C9H12ClNO2S/c1-7-3-8(5-9(10)4-7)6-14(12,13)11-2/h3-5,11H,6H2,1-2H3. The Morgan fingerprint density at radius 3 is 2.50 bits per heavy atom. The molecule has 0 spiro atoms. The minimum Gasteiger partial charge on any atom is -0.218 e. The fourth-order valence-corrected chi connectivity index (χ4v) is 2.25. The van der Waals surface area contributed by atoms with Gasteiger partial charge in [0, 0.05) is 5.02 Å². The molecule has 14 heavy (non-hydrogen) atoms. The highest BCUT2D eigenvalue weighted by Gasteiger charge is 2.08. The van der Waals surface area contributed by atoms with Crippen molar-refractivity contribution in [2.75, 3.05) is 7.05 Å². The van der Waals surface area contributed by atoms with Crippen molar-refractivity contribution in [3.05, 3.63) is 34.3 Å². The summed E-state index contributed by atoms with van der Waals surface area (Å²) < 4.78 is 24.7. The van der Waals surface area contributed by atoms with Crippen molar-refractivity contribution in [2.24, 2.45) is 0 Å². The quantitative estimate of drug-likeness (QED) is 0.864. The first-order chi connectivity index (χ1) is 6.43. The summed E-state index contributed by atoms with van der Waals surface area (Å²) in [7, 11) is -1.82. The van der Waals surface area contributed by atoms with Crippen LogP contribution in [0.3, 0.4) is 0 Å². The summed E-state index contributed by atoms with van der Waals surface area (Å²) >= 11 is 5.81. The van der Waals surface area contributed by atoms with E-state index in [9.17, 15) is 8.42 Å². The third-order valence-electron chi connectivity index (χ3n) is 1.77. The molecule has 0 aromatic heterocycles. The SMILES string of the molecule is CNS(=O)(=O)Cc1cc(C)cc(Cl)c1. The van der Waals surface area contributed by atoms with E-state index in [4.69, 9.17) is 11.6 Å². The second-order valence-electron chi connectivity index (χ2n) is 3.10. The molecule has 3 nitrogen and oxygen atoms in total. The highest BCUT2D eigenvalue weighted by Crippen LogP contribution is 2.16. The van der Waals surface area contributed by atoms with Gasteiger partial charge in [-0.25, -0.2) is 13.1 Å². The topological polar surface area (TPSA) is 46.2 Å². The maximum atomic E-state index is 11.2. The molecule has 0 bridgehead atoms. The smallest absolute Gasteiger partial charge is 0.215 e. The van der Waals surface area contributed by atoms with Crippen molar-refractivity contribution in [1.82, 2.24) is 4.72 Å². The van der Waals surface area contributed by atoms with Gasteiger partial charge in [0.25, 0.3) is 0 Å². The number of benzene rings is 1. The van der Waals surface area contributed by atoms with Crippen molar-refractivity contribution in [2.45, 2.75) is 12.7 Å². The van der Waals surface area contributed by atoms with E-state index in [1.54, 1.807) is 18.2 Å². The normalized spacial score (nSPS) is 11.6. The highest BCUT2D eigenvalue weighted by atomic mass is 35.5. The monoisotopic (exact) mass is 233 g/mol. The van der Waals surface area contributed by atoms with Crippen LogP contribution < -0.4 is 4.72 Å². The van der Waals surface area contributed by atoms with Crippen molar-refractivity contribution in [1.29, 1.82) is 0 Å². The molecule has 0 aliphatic heterocycles. The highest BCUT2D eigenvalue weighted by molar-refractivity contribution is 7.88. The molecule has 0 aliphatic carbocycles. The maximum Gasteiger partial charge on any atom is 0.215 e. The second-order valence-corrected chi connectivity index (χ2v) is 5.46. The molecule has 0 aliphatic rings. The van der Waals surface area contributed by atoms with Crippen molar-refractivity contribution >= 4 is 21.6 Å². The zero-order chi connectivity index (χ0) is 10.8. The lowest BCUT2D eigenvalue weighted by molar-refractivity contribution is 0.587. The van der Waals surface area contributed by atoms with Gasteiger partial charge in [0.2, 0.25) is 10.0 Å². The molecule has 1 N–H and O–H groups in total. The zero-order valence-electron chi connectivity index (χ0n) is 8.04. The fourth-order valence-electron chi connectivity index (χ4n) is 1.19. The van der Waals surface area contributed by atoms with E-state index in [0.29, 0.717) is 10.6 Å². The molecule has 0 saturated heterocycles. The van der Waals surface area contributed by atoms with Crippen LogP contribution in [0.15, 0.2) is 18.2 Å². The minimum absolute atomic E-state index is 0.0368. The van der Waals surface area contributed by atoms with Gasteiger partial charge in [0.15, 0.2) is 0 Å². The van der Waals surface area contributed by atoms with E-state index in [2.05, 4.69) is 4.72 Å². The number of halogens is 1. The van der Waals surface area contributed by atoms with E-state index in [1.807, 2.05) is 6.92 Å². The number of hydrogen-bond donors (Lipinski definition) is 1. The van der Waals surface area contributed by atoms with Crippen LogP contribution in [-0.4, -0.2) is 15.5 Å². The Morgan fingerprint density at radius 1 is 1.36 bits per heavy atom. The largest absolute Gasteiger partial charge is 0.218 e. The predicted octanol–water partition coefficient (Wildman–Crippen LogP) is 1.70. The van der Waals surface area contributed by atoms with Crippen LogP contribution in [0, 0.1) is 6.92 Å². The summed E-state index contributed by atoms with van der Waals surface area (Å²) in [6.45, 7) is 1.88. The van der Waals surface area contributed by atoms with Gasteiger partial charge in [0.1, 0.15) is 0 Å². The van der Waals surface area contributed by atoms with Gasteiger partial charge < -0.3 is 0 Å². The lowest BCUT2D eigenvalue weighted by atomic mass is 10.2. The van der Waals surface area contributed by atoms with Crippen LogP contribution in [0.2, 0.25) is 5.02 Å². The van der Waals surface area contributed by atoms with Crippen LogP contribution >= 0.6 is 11.6 Å². The molecule has 1 aromatic rings. The van der Waals surface area contributed by atoms with Gasteiger partial charge in [0.05, 0.1) is 5.75 Å². The second kappa shape index (κ2) is 4.29. The van der Waals surface area contributed by atoms with E-state index >= 15 is 0 Å². The minimum atomic E-state index is -3.21. The summed E-state index contributed by atoms with van der Waals surface area (Å²) in [5.74, 6) is -0.0368. The van der Waals surface area contributed by atoms with Gasteiger partial charge in [-0.2, -0.15) is 0 Å². The molecular weight excluding hydrogens is 222 g/mol. The molecule has 1 rings (SSSR count). The average Bonchev–Trinajstić information content (AvgIpc) is 2.01. The lowest BCUT2D eigenvalue weighted by Gasteiger charge is -2.04. The molecule has 0 unspecified atom stereocenters. The predicted molar refractivity (Wildman–Crippen MR) is 57.9 cm³/mol. The van der Waals surface area contributed by atoms with Gasteiger partial charge in [-0.1, -0.05) is 17.7 Å². The molecule has 0 amide bonds. The third kappa shape index (κ3) is 3.29. The first-order valence-corrected chi connectivity index (χ1v) is 6.13. The molecule has 0 saturated carbocycles. The van der Waals surface area contributed by atoms with Crippen LogP contribution in [0.4, 0.5) is 0 Å². The van der Waals surface area contributed by atoms with Crippen molar-refractivity contribution < 1.29 is 8.42 Å². The summed E-state index contributed by atoms with van der Waals surface area (Å²) in [6.07, 6.45) is 0. The Bertz CT molecular complexity index is 408. The number of nitrogens with one attached hydrogen (secondary N) is 1. The van der Waals surface area contributed by atoms with Gasteiger partial charge >= 0.3 is 0 Å². The summed E-state index contributed by atoms with van der Waals surface area (Å²) in [5, 5.41) is 0.561. The van der Waals surface area contributed by atoms with E-state index in [1.165, 1.54) is 7.05 Å². The van der Waals surface area contributed by atoms with E-state index < -0.39 is 10.0 Å². The van der Waals surface area contributed by atoms with E-state index in [0.717, 1.165) is 5.56 Å². The van der Waals surface area contributed by atoms with Crippen LogP contribution in [-0.2, 0) is 15.8 Å². The number of aryl methyl sites for hydroxylation is 1. The number of hydrogen-bond acceptors (Lipinski definition) is 2. The molecule has 1 aromatic carbocycles.